The predicted molar refractivity (Wildman–Crippen MR) is 46.2 cm³/mol. The molecule has 0 aliphatic heterocycles. The van der Waals surface area contributed by atoms with Crippen molar-refractivity contribution in [2.75, 3.05) is 47.4 Å². The molecule has 0 spiro atoms. The summed E-state index contributed by atoms with van der Waals surface area (Å²) in [7, 11) is 6.17. The van der Waals surface area contributed by atoms with Crippen LogP contribution in [-0.2, 0) is 5.11 Å². The van der Waals surface area contributed by atoms with Crippen molar-refractivity contribution in [3.63, 3.8) is 0 Å². The van der Waals surface area contributed by atoms with E-state index >= 15 is 0 Å². The zero-order chi connectivity index (χ0) is 8.69. The van der Waals surface area contributed by atoms with E-state index in [4.69, 9.17) is 0 Å². The Bertz CT molecular complexity index is 86.2. The first-order valence-corrected chi connectivity index (χ1v) is 4.08. The van der Waals surface area contributed by atoms with Crippen molar-refractivity contribution in [1.82, 2.24) is 9.80 Å². The molecule has 0 aliphatic carbocycles. The molecule has 3 nitrogen and oxygen atoms in total. The fraction of sp³-hybridized carbons (Fsp3) is 1.00. The summed E-state index contributed by atoms with van der Waals surface area (Å²) in [5.74, 6) is 0. The molecule has 0 aromatic heterocycles. The maximum Gasteiger partial charge on any atom is 0.0834 e. The molecule has 0 saturated heterocycles. The molecule has 0 saturated carbocycles. The van der Waals surface area contributed by atoms with Gasteiger partial charge in [0.05, 0.1) is 6.61 Å². The fourth-order valence-corrected chi connectivity index (χ4v) is 0.817. The summed E-state index contributed by atoms with van der Waals surface area (Å²) >= 11 is 0. The Kier molecular flexibility index (Phi) is 6.51. The lowest BCUT2D eigenvalue weighted by molar-refractivity contribution is 0.170. The molecule has 3 heteroatoms. The van der Waals surface area contributed by atoms with Crippen LogP contribution in [0.3, 0.4) is 0 Å². The molecule has 0 N–H and O–H groups in total. The van der Waals surface area contributed by atoms with Gasteiger partial charge in [0.2, 0.25) is 0 Å². The fourth-order valence-electron chi connectivity index (χ4n) is 0.817. The average Bonchev–Trinajstić information content (AvgIpc) is 1.97. The van der Waals surface area contributed by atoms with Crippen LogP contribution in [0.5, 0.6) is 0 Å². The Hall–Kier alpha value is -0.120. The molecule has 0 heterocycles. The first-order valence-electron chi connectivity index (χ1n) is 4.08. The Labute approximate surface area is 69.6 Å². The summed E-state index contributed by atoms with van der Waals surface area (Å²) in [6.07, 6.45) is 0.768. The average molecular weight is 159 g/mol. The molecule has 1 radical (unpaired) electrons. The van der Waals surface area contributed by atoms with Crippen molar-refractivity contribution in [1.29, 1.82) is 0 Å². The minimum Gasteiger partial charge on any atom is -0.308 e. The molecular formula is C8H19N2O. The number of hydrogen-bond acceptors (Lipinski definition) is 2. The molecule has 0 aliphatic rings. The zero-order valence-electron chi connectivity index (χ0n) is 7.84. The molecule has 67 valence electrons. The van der Waals surface area contributed by atoms with E-state index in [2.05, 4.69) is 30.9 Å². The lowest BCUT2D eigenvalue weighted by Crippen LogP contribution is -2.29. The Balaban J connectivity index is 3.15. The van der Waals surface area contributed by atoms with E-state index in [-0.39, 0.29) is 6.61 Å². The van der Waals surface area contributed by atoms with Gasteiger partial charge in [-0.1, -0.05) is 0 Å². The first kappa shape index (κ1) is 10.9. The molecular weight excluding hydrogens is 140 g/mol. The highest BCUT2D eigenvalue weighted by Crippen LogP contribution is 1.86. The van der Waals surface area contributed by atoms with Gasteiger partial charge in [-0.15, -0.1) is 0 Å². The van der Waals surface area contributed by atoms with Crippen LogP contribution in [0.15, 0.2) is 0 Å². The number of rotatable bonds is 6. The largest absolute Gasteiger partial charge is 0.308 e. The lowest BCUT2D eigenvalue weighted by atomic mass is 10.4. The smallest absolute Gasteiger partial charge is 0.0834 e. The number of nitrogens with zero attached hydrogens (tertiary/aromatic N) is 2. The lowest BCUT2D eigenvalue weighted by Gasteiger charge is -2.18. The van der Waals surface area contributed by atoms with Crippen LogP contribution < -0.4 is 0 Å². The summed E-state index contributed by atoms with van der Waals surface area (Å²) in [5, 5.41) is 10.1. The predicted octanol–water partition coefficient (Wildman–Crippen LogP) is 0.300. The third-order valence-corrected chi connectivity index (χ3v) is 1.61. The maximum absolute atomic E-state index is 10.1. The molecule has 0 bridgehead atoms. The normalized spacial score (nSPS) is 11.5. The van der Waals surface area contributed by atoms with Crippen molar-refractivity contribution < 1.29 is 5.11 Å². The standard InChI is InChI=1S/C8H19N2O/c1-9(2)6-7-10(3)5-4-8-11/h4-8H2,1-3H3. The van der Waals surface area contributed by atoms with Gasteiger partial charge >= 0.3 is 0 Å². The van der Waals surface area contributed by atoms with Gasteiger partial charge < -0.3 is 9.80 Å². The van der Waals surface area contributed by atoms with Crippen molar-refractivity contribution in [2.24, 2.45) is 0 Å². The van der Waals surface area contributed by atoms with Gasteiger partial charge in [0.1, 0.15) is 0 Å². The van der Waals surface area contributed by atoms with Crippen LogP contribution in [-0.4, -0.2) is 57.2 Å². The van der Waals surface area contributed by atoms with E-state index in [1.54, 1.807) is 0 Å². The second-order valence-electron chi connectivity index (χ2n) is 3.16. The molecule has 0 rings (SSSR count). The third kappa shape index (κ3) is 7.78. The topological polar surface area (TPSA) is 26.4 Å². The molecule has 0 unspecified atom stereocenters. The van der Waals surface area contributed by atoms with Crippen molar-refractivity contribution in [3.8, 4) is 0 Å². The molecule has 0 amide bonds. The molecule has 0 aromatic rings. The van der Waals surface area contributed by atoms with E-state index in [0.29, 0.717) is 0 Å². The Morgan fingerprint density at radius 1 is 1.00 bits per heavy atom. The van der Waals surface area contributed by atoms with Crippen molar-refractivity contribution in [3.05, 3.63) is 0 Å². The molecule has 0 aromatic carbocycles. The van der Waals surface area contributed by atoms with Crippen LogP contribution in [0.25, 0.3) is 0 Å². The second kappa shape index (κ2) is 6.58. The molecule has 11 heavy (non-hydrogen) atoms. The summed E-state index contributed by atoms with van der Waals surface area (Å²) < 4.78 is 0. The van der Waals surface area contributed by atoms with Crippen LogP contribution in [0, 0.1) is 0 Å². The highest BCUT2D eigenvalue weighted by atomic mass is 16.3. The maximum atomic E-state index is 10.1. The van der Waals surface area contributed by atoms with Gasteiger partial charge in [-0.2, -0.15) is 0 Å². The third-order valence-electron chi connectivity index (χ3n) is 1.61. The SMILES string of the molecule is CN(C)CCN(C)CCC[O]. The monoisotopic (exact) mass is 159 g/mol. The van der Waals surface area contributed by atoms with Gasteiger partial charge in [0, 0.05) is 19.6 Å². The highest BCUT2D eigenvalue weighted by Gasteiger charge is 1.97. The summed E-state index contributed by atoms with van der Waals surface area (Å²) in [6.45, 7) is 3.09. The second-order valence-corrected chi connectivity index (χ2v) is 3.16. The quantitative estimate of drug-likeness (QED) is 0.557. The van der Waals surface area contributed by atoms with Crippen LogP contribution >= 0.6 is 0 Å². The Morgan fingerprint density at radius 3 is 2.09 bits per heavy atom. The number of likely N-dealkylation sites (N-methyl/N-ethyl adjacent to an activating group) is 2. The highest BCUT2D eigenvalue weighted by molar-refractivity contribution is 4.53. The minimum atomic E-state index is 0.0479. The molecule has 0 atom stereocenters. The van der Waals surface area contributed by atoms with Crippen molar-refractivity contribution in [2.45, 2.75) is 6.42 Å². The number of hydrogen-bond donors (Lipinski definition) is 0. The van der Waals surface area contributed by atoms with Gasteiger partial charge in [-0.3, -0.25) is 0 Å². The van der Waals surface area contributed by atoms with E-state index < -0.39 is 0 Å². The van der Waals surface area contributed by atoms with Gasteiger partial charge in [-0.25, -0.2) is 5.11 Å². The Morgan fingerprint density at radius 2 is 1.64 bits per heavy atom. The van der Waals surface area contributed by atoms with E-state index in [0.717, 1.165) is 26.1 Å². The van der Waals surface area contributed by atoms with E-state index in [9.17, 15) is 5.11 Å². The minimum absolute atomic E-state index is 0.0479. The van der Waals surface area contributed by atoms with Crippen LogP contribution in [0.4, 0.5) is 0 Å². The zero-order valence-corrected chi connectivity index (χ0v) is 7.84. The van der Waals surface area contributed by atoms with E-state index in [1.807, 2.05) is 0 Å². The summed E-state index contributed by atoms with van der Waals surface area (Å²) in [6, 6.07) is 0. The summed E-state index contributed by atoms with van der Waals surface area (Å²) in [5.41, 5.74) is 0. The van der Waals surface area contributed by atoms with Crippen molar-refractivity contribution >= 4 is 0 Å². The van der Waals surface area contributed by atoms with Crippen LogP contribution in [0.2, 0.25) is 0 Å². The van der Waals surface area contributed by atoms with Crippen LogP contribution in [0.1, 0.15) is 6.42 Å². The van der Waals surface area contributed by atoms with Gasteiger partial charge in [-0.05, 0) is 27.6 Å². The van der Waals surface area contributed by atoms with Gasteiger partial charge in [0.25, 0.3) is 0 Å². The van der Waals surface area contributed by atoms with Gasteiger partial charge in [0.15, 0.2) is 0 Å². The molecule has 0 fully saturated rings. The summed E-state index contributed by atoms with van der Waals surface area (Å²) in [4.78, 5) is 4.34. The first-order chi connectivity index (χ1) is 5.16. The van der Waals surface area contributed by atoms with E-state index in [1.165, 1.54) is 0 Å².